The van der Waals surface area contributed by atoms with E-state index in [2.05, 4.69) is 169 Å². The fourth-order valence-electron chi connectivity index (χ4n) is 9.92. The van der Waals surface area contributed by atoms with Crippen molar-refractivity contribution in [1.82, 2.24) is 0 Å². The van der Waals surface area contributed by atoms with Crippen molar-refractivity contribution in [1.29, 1.82) is 5.26 Å². The van der Waals surface area contributed by atoms with E-state index in [4.69, 9.17) is 0 Å². The number of carbonyl (C=O) groups is 1. The number of azo groups is 1. The molecule has 0 bridgehead atoms. The van der Waals surface area contributed by atoms with Crippen LogP contribution >= 0.6 is 0 Å². The predicted octanol–water partition coefficient (Wildman–Crippen LogP) is 13.6. The first-order valence-corrected chi connectivity index (χ1v) is 22.0. The highest BCUT2D eigenvalue weighted by Crippen LogP contribution is 2.52. The molecule has 8 nitrogen and oxygen atoms in total. The second-order valence-corrected chi connectivity index (χ2v) is 17.6. The molecule has 0 aliphatic carbocycles. The van der Waals surface area contributed by atoms with Gasteiger partial charge in [-0.1, -0.05) is 84.9 Å². The van der Waals surface area contributed by atoms with E-state index in [0.29, 0.717) is 12.1 Å². The number of nitriles is 1. The number of rotatable bonds is 12. The van der Waals surface area contributed by atoms with E-state index in [1.807, 2.05) is 72.8 Å². The topological polar surface area (TPSA) is 95.3 Å². The monoisotopic (exact) mass is 851 g/mol. The normalized spacial score (nSPS) is 17.4. The van der Waals surface area contributed by atoms with E-state index in [1.165, 1.54) is 21.9 Å². The lowest BCUT2D eigenvalue weighted by atomic mass is 9.74. The minimum absolute atomic E-state index is 0.00988. The van der Waals surface area contributed by atoms with Gasteiger partial charge in [-0.05, 0) is 139 Å². The molecule has 0 radical (unpaired) electrons. The summed E-state index contributed by atoms with van der Waals surface area (Å²) < 4.78 is 2.11. The third-order valence-corrected chi connectivity index (χ3v) is 13.2. The Morgan fingerprint density at radius 3 is 1.98 bits per heavy atom. The fraction of sp³-hybridized carbons (Fsp3) is 0.175. The van der Waals surface area contributed by atoms with Gasteiger partial charge in [0, 0.05) is 60.0 Å². The lowest BCUT2D eigenvalue weighted by Crippen LogP contribution is -2.29. The number of anilines is 3. The SMILES string of the molecule is CN1/C(=C/C=C(C#N)/C=C/C2=[N+](CCC(=O)O)c3ccc4ccccc4c3C2(C)C)C(C)(Cc2ccc(N(C)c3ccc(N=Nc4ccccc4)cc3)cc2)c2c1ccc1ccccc21. The molecule has 7 aromatic rings. The summed E-state index contributed by atoms with van der Waals surface area (Å²) in [7, 11) is 4.19. The molecule has 1 N–H and O–H groups in total. The minimum atomic E-state index is -0.851. The summed E-state index contributed by atoms with van der Waals surface area (Å²) in [5, 5.41) is 33.8. The van der Waals surface area contributed by atoms with Crippen molar-refractivity contribution >= 4 is 67.4 Å². The van der Waals surface area contributed by atoms with Gasteiger partial charge in [0.2, 0.25) is 5.69 Å². The fourth-order valence-corrected chi connectivity index (χ4v) is 9.92. The van der Waals surface area contributed by atoms with Gasteiger partial charge in [0.15, 0.2) is 12.3 Å². The van der Waals surface area contributed by atoms with E-state index in [-0.39, 0.29) is 6.42 Å². The van der Waals surface area contributed by atoms with Crippen LogP contribution < -0.4 is 9.80 Å². The molecule has 1 unspecified atom stereocenters. The molecule has 0 fully saturated rings. The van der Waals surface area contributed by atoms with Crippen molar-refractivity contribution < 1.29 is 14.5 Å². The smallest absolute Gasteiger partial charge is 0.309 e. The number of carboxylic acids is 1. The van der Waals surface area contributed by atoms with Crippen molar-refractivity contribution in [2.75, 3.05) is 30.4 Å². The van der Waals surface area contributed by atoms with E-state index in [1.54, 1.807) is 0 Å². The first kappa shape index (κ1) is 42.4. The summed E-state index contributed by atoms with van der Waals surface area (Å²) >= 11 is 0. The number of hydrogen-bond acceptors (Lipinski definition) is 6. The summed E-state index contributed by atoms with van der Waals surface area (Å²) in [5.74, 6) is -0.851. The van der Waals surface area contributed by atoms with Crippen LogP contribution in [0.25, 0.3) is 21.5 Å². The Morgan fingerprint density at radius 1 is 0.754 bits per heavy atom. The van der Waals surface area contributed by atoms with E-state index < -0.39 is 16.8 Å². The zero-order chi connectivity index (χ0) is 45.3. The van der Waals surface area contributed by atoms with E-state index in [0.717, 1.165) is 68.3 Å². The molecule has 0 amide bonds. The third kappa shape index (κ3) is 8.02. The molecule has 0 aromatic heterocycles. The van der Waals surface area contributed by atoms with Crippen molar-refractivity contribution in [3.05, 3.63) is 204 Å². The second kappa shape index (κ2) is 17.3. The van der Waals surface area contributed by atoms with Gasteiger partial charge in [-0.3, -0.25) is 4.79 Å². The number of carboxylic acid groups (broad SMARTS) is 1. The van der Waals surface area contributed by atoms with Crippen LogP contribution in [0, 0.1) is 11.3 Å². The highest BCUT2D eigenvalue weighted by atomic mass is 16.4. The molecule has 0 saturated carbocycles. The zero-order valence-corrected chi connectivity index (χ0v) is 37.4. The molecule has 9 rings (SSSR count). The predicted molar refractivity (Wildman–Crippen MR) is 265 cm³/mol. The van der Waals surface area contributed by atoms with Gasteiger partial charge < -0.3 is 14.9 Å². The molecular weight excluding hydrogens is 801 g/mol. The molecule has 320 valence electrons. The molecule has 2 aliphatic heterocycles. The van der Waals surface area contributed by atoms with Crippen LogP contribution in [0.4, 0.5) is 34.1 Å². The summed E-state index contributed by atoms with van der Waals surface area (Å²) in [6.45, 7) is 7.00. The first-order chi connectivity index (χ1) is 31.5. The molecule has 8 heteroatoms. The minimum Gasteiger partial charge on any atom is -0.481 e. The van der Waals surface area contributed by atoms with Crippen LogP contribution in [-0.2, 0) is 22.0 Å². The van der Waals surface area contributed by atoms with Gasteiger partial charge in [-0.25, -0.2) is 0 Å². The maximum absolute atomic E-state index is 11.9. The Balaban J connectivity index is 1.03. The third-order valence-electron chi connectivity index (χ3n) is 13.2. The number of nitrogens with zero attached hydrogens (tertiary/aromatic N) is 6. The number of fused-ring (bicyclic) bond motifs is 6. The number of hydrogen-bond donors (Lipinski definition) is 1. The van der Waals surface area contributed by atoms with Crippen molar-refractivity contribution in [3.8, 4) is 6.07 Å². The molecular formula is C57H51N6O2+. The van der Waals surface area contributed by atoms with Crippen LogP contribution in [0.2, 0.25) is 0 Å². The van der Waals surface area contributed by atoms with Crippen molar-refractivity contribution in [2.24, 2.45) is 10.2 Å². The van der Waals surface area contributed by atoms with Crippen molar-refractivity contribution in [2.45, 2.75) is 44.4 Å². The quantitative estimate of drug-likeness (QED) is 0.0572. The average molecular weight is 852 g/mol. The van der Waals surface area contributed by atoms with E-state index in [9.17, 15) is 15.2 Å². The van der Waals surface area contributed by atoms with Gasteiger partial charge in [-0.2, -0.15) is 20.1 Å². The lowest BCUT2D eigenvalue weighted by Gasteiger charge is -2.30. The highest BCUT2D eigenvalue weighted by Gasteiger charge is 2.46. The molecule has 1 atom stereocenters. The standard InChI is InChI=1S/C57H50N6O2/c1-56(2)51(63(36-35-53(64)65)50-32-24-41-13-9-11-17-47(41)54(50)56)33-21-40(38-58)22-34-52-57(3,55-48-18-12-10-14-42(48)23-31-49(55)62(52)5)37-39-19-27-45(28-20-39)61(4)46-29-25-44(26-30-46)60-59-43-15-7-6-8-16-43/h6-34H,35-37H2,1-5H3/p+1. The van der Waals surface area contributed by atoms with Gasteiger partial charge >= 0.3 is 5.97 Å². The van der Waals surface area contributed by atoms with Crippen LogP contribution in [0.15, 0.2) is 197 Å². The van der Waals surface area contributed by atoms with Gasteiger partial charge in [-0.15, -0.1) is 0 Å². The summed E-state index contributed by atoms with van der Waals surface area (Å²) in [5.41, 5.74) is 11.1. The highest BCUT2D eigenvalue weighted by molar-refractivity contribution is 6.08. The Kier molecular flexibility index (Phi) is 11.3. The number of benzene rings is 7. The number of aliphatic carboxylic acids is 1. The van der Waals surface area contributed by atoms with Crippen LogP contribution in [0.1, 0.15) is 43.9 Å². The maximum atomic E-state index is 11.9. The Labute approximate surface area is 380 Å². The van der Waals surface area contributed by atoms with Crippen LogP contribution in [0.5, 0.6) is 0 Å². The summed E-state index contributed by atoms with van der Waals surface area (Å²) in [6, 6.07) is 54.5. The van der Waals surface area contributed by atoms with Crippen LogP contribution in [-0.4, -0.2) is 42.0 Å². The van der Waals surface area contributed by atoms with Gasteiger partial charge in [0.1, 0.15) is 6.42 Å². The number of likely N-dealkylation sites (N-methyl/N-ethyl adjacent to an activating group) is 1. The van der Waals surface area contributed by atoms with Gasteiger partial charge in [0.25, 0.3) is 0 Å². The molecule has 7 aromatic carbocycles. The van der Waals surface area contributed by atoms with Crippen LogP contribution in [0.3, 0.4) is 0 Å². The van der Waals surface area contributed by atoms with E-state index >= 15 is 0 Å². The van der Waals surface area contributed by atoms with Crippen molar-refractivity contribution in [3.63, 3.8) is 0 Å². The largest absolute Gasteiger partial charge is 0.481 e. The Morgan fingerprint density at radius 2 is 1.34 bits per heavy atom. The number of allylic oxidation sites excluding steroid dienone is 6. The molecule has 0 spiro atoms. The molecule has 0 saturated heterocycles. The first-order valence-electron chi connectivity index (χ1n) is 22.0. The summed E-state index contributed by atoms with van der Waals surface area (Å²) in [6.07, 6.45) is 8.64. The second-order valence-electron chi connectivity index (χ2n) is 17.6. The zero-order valence-electron chi connectivity index (χ0n) is 37.4. The Bertz CT molecular complexity index is 3170. The van der Waals surface area contributed by atoms with Gasteiger partial charge in [0.05, 0.1) is 28.4 Å². The Hall–Kier alpha value is -7.89. The molecule has 65 heavy (non-hydrogen) atoms. The lowest BCUT2D eigenvalue weighted by molar-refractivity contribution is -0.436. The summed E-state index contributed by atoms with van der Waals surface area (Å²) in [4.78, 5) is 16.3. The maximum Gasteiger partial charge on any atom is 0.309 e. The molecule has 2 aliphatic rings. The molecule has 2 heterocycles. The average Bonchev–Trinajstić information content (AvgIpc) is 3.68.